The van der Waals surface area contributed by atoms with Gasteiger partial charge in [0.25, 0.3) is 0 Å². The maximum absolute atomic E-state index is 13.3. The molecule has 3 N–H and O–H groups in total. The average molecular weight is 244 g/mol. The summed E-state index contributed by atoms with van der Waals surface area (Å²) in [6, 6.07) is 3.27. The second-order valence-corrected chi connectivity index (χ2v) is 3.43. The zero-order chi connectivity index (χ0) is 13.0. The summed E-state index contributed by atoms with van der Waals surface area (Å²) >= 11 is 0. The van der Waals surface area contributed by atoms with Gasteiger partial charge in [-0.1, -0.05) is 6.07 Å². The zero-order valence-corrected chi connectivity index (χ0v) is 9.13. The third-order valence-electron chi connectivity index (χ3n) is 2.29. The van der Waals surface area contributed by atoms with Gasteiger partial charge in [0.1, 0.15) is 18.0 Å². The van der Waals surface area contributed by atoms with E-state index in [-0.39, 0.29) is 11.1 Å². The van der Waals surface area contributed by atoms with Gasteiger partial charge in [-0.2, -0.15) is 0 Å². The van der Waals surface area contributed by atoms with Crippen molar-refractivity contribution >= 4 is 5.97 Å². The van der Waals surface area contributed by atoms with Crippen LogP contribution in [0, 0.1) is 5.82 Å². The second kappa shape index (κ2) is 5.72. The van der Waals surface area contributed by atoms with Gasteiger partial charge in [-0.05, 0) is 17.7 Å². The molecule has 0 fully saturated rings. The molecule has 0 radical (unpaired) electrons. The molecule has 0 aliphatic carbocycles. The fourth-order valence-electron chi connectivity index (χ4n) is 1.32. The van der Waals surface area contributed by atoms with E-state index in [0.29, 0.717) is 0 Å². The van der Waals surface area contributed by atoms with Crippen LogP contribution in [0.5, 0.6) is 0 Å². The van der Waals surface area contributed by atoms with E-state index in [1.165, 1.54) is 6.07 Å². The molecule has 0 amide bonds. The lowest BCUT2D eigenvalue weighted by atomic mass is 10.0. The van der Waals surface area contributed by atoms with E-state index < -0.39 is 30.6 Å². The summed E-state index contributed by atoms with van der Waals surface area (Å²) < 4.78 is 17.6. The highest BCUT2D eigenvalue weighted by Crippen LogP contribution is 2.20. The van der Waals surface area contributed by atoms with Crippen molar-refractivity contribution in [3.8, 4) is 0 Å². The highest BCUT2D eigenvalue weighted by atomic mass is 19.1. The molecule has 1 rings (SSSR count). The fourth-order valence-corrected chi connectivity index (χ4v) is 1.32. The topological polar surface area (TPSA) is 87.0 Å². The summed E-state index contributed by atoms with van der Waals surface area (Å²) in [6.45, 7) is -0.647. The van der Waals surface area contributed by atoms with Gasteiger partial charge in [-0.25, -0.2) is 9.18 Å². The van der Waals surface area contributed by atoms with Crippen LogP contribution in [0.2, 0.25) is 0 Å². The number of esters is 1. The average Bonchev–Trinajstić information content (AvgIpc) is 2.36. The summed E-state index contributed by atoms with van der Waals surface area (Å²) in [4.78, 5) is 11.2. The maximum Gasteiger partial charge on any atom is 0.340 e. The first-order valence-electron chi connectivity index (χ1n) is 4.86. The first-order chi connectivity index (χ1) is 8.01. The van der Waals surface area contributed by atoms with Gasteiger partial charge in [0.2, 0.25) is 0 Å². The van der Waals surface area contributed by atoms with E-state index >= 15 is 0 Å². The minimum atomic E-state index is -1.40. The Kier molecular flexibility index (Phi) is 4.56. The van der Waals surface area contributed by atoms with Gasteiger partial charge in [0.15, 0.2) is 0 Å². The summed E-state index contributed by atoms with van der Waals surface area (Å²) in [5, 5.41) is 27.5. The van der Waals surface area contributed by atoms with Crippen molar-refractivity contribution in [3.05, 3.63) is 35.1 Å². The van der Waals surface area contributed by atoms with Crippen molar-refractivity contribution in [2.45, 2.75) is 12.2 Å². The minimum absolute atomic E-state index is 0.119. The molecular formula is C11H13FO5. The van der Waals surface area contributed by atoms with Crippen LogP contribution in [0.1, 0.15) is 22.0 Å². The standard InChI is InChI=1S/C11H13FO5/c1-17-11(16)7-4-6(2-3-8(7)12)10(15)9(14)5-13/h2-4,9-10,13-15H,5H2,1H3. The molecule has 0 aliphatic heterocycles. The lowest BCUT2D eigenvalue weighted by Gasteiger charge is -2.16. The van der Waals surface area contributed by atoms with Gasteiger partial charge in [-0.3, -0.25) is 0 Å². The van der Waals surface area contributed by atoms with Crippen molar-refractivity contribution in [1.29, 1.82) is 0 Å². The molecule has 2 atom stereocenters. The quantitative estimate of drug-likeness (QED) is 0.649. The highest BCUT2D eigenvalue weighted by Gasteiger charge is 2.20. The number of methoxy groups -OCH3 is 1. The maximum atomic E-state index is 13.3. The molecule has 0 bridgehead atoms. The van der Waals surface area contributed by atoms with E-state index in [1.807, 2.05) is 0 Å². The number of ether oxygens (including phenoxy) is 1. The number of halogens is 1. The Labute approximate surface area is 97.1 Å². The minimum Gasteiger partial charge on any atom is -0.465 e. The van der Waals surface area contributed by atoms with Crippen molar-refractivity contribution in [2.24, 2.45) is 0 Å². The molecule has 0 heterocycles. The number of aliphatic hydroxyl groups excluding tert-OH is 3. The Bertz CT molecular complexity index is 407. The number of benzene rings is 1. The van der Waals surface area contributed by atoms with Crippen LogP contribution in [0.25, 0.3) is 0 Å². The normalized spacial score (nSPS) is 14.2. The molecule has 94 valence electrons. The fraction of sp³-hybridized carbons (Fsp3) is 0.364. The molecule has 1 aromatic rings. The Morgan fingerprint density at radius 2 is 2.12 bits per heavy atom. The van der Waals surface area contributed by atoms with Gasteiger partial charge >= 0.3 is 5.97 Å². The van der Waals surface area contributed by atoms with Gasteiger partial charge in [-0.15, -0.1) is 0 Å². The van der Waals surface area contributed by atoms with Crippen LogP contribution in [0.4, 0.5) is 4.39 Å². The third-order valence-corrected chi connectivity index (χ3v) is 2.29. The van der Waals surface area contributed by atoms with Crippen LogP contribution < -0.4 is 0 Å². The molecule has 1 aromatic carbocycles. The molecule has 0 spiro atoms. The largest absolute Gasteiger partial charge is 0.465 e. The molecule has 0 saturated carbocycles. The number of aliphatic hydroxyl groups is 3. The molecule has 2 unspecified atom stereocenters. The molecule has 5 nitrogen and oxygen atoms in total. The number of carbonyl (C=O) groups excluding carboxylic acids is 1. The summed E-state index contributed by atoms with van der Waals surface area (Å²) in [6.07, 6.45) is -2.80. The lowest BCUT2D eigenvalue weighted by Crippen LogP contribution is -2.22. The Morgan fingerprint density at radius 1 is 1.47 bits per heavy atom. The predicted molar refractivity (Wildman–Crippen MR) is 55.8 cm³/mol. The number of carbonyl (C=O) groups is 1. The third kappa shape index (κ3) is 3.00. The van der Waals surface area contributed by atoms with E-state index in [4.69, 9.17) is 5.11 Å². The molecule has 0 saturated heterocycles. The first-order valence-corrected chi connectivity index (χ1v) is 4.86. The van der Waals surface area contributed by atoms with Gasteiger partial charge in [0.05, 0.1) is 19.3 Å². The SMILES string of the molecule is COC(=O)c1cc(C(O)C(O)CO)ccc1F. The monoisotopic (exact) mass is 244 g/mol. The van der Waals surface area contributed by atoms with Gasteiger partial charge in [0, 0.05) is 0 Å². The molecule has 0 aromatic heterocycles. The Hall–Kier alpha value is -1.50. The number of hydrogen-bond donors (Lipinski definition) is 3. The summed E-state index contributed by atoms with van der Waals surface area (Å²) in [5.41, 5.74) is -0.220. The summed E-state index contributed by atoms with van der Waals surface area (Å²) in [5.74, 6) is -1.67. The van der Waals surface area contributed by atoms with Crippen LogP contribution in [0.15, 0.2) is 18.2 Å². The highest BCUT2D eigenvalue weighted by molar-refractivity contribution is 5.89. The van der Waals surface area contributed by atoms with E-state index in [9.17, 15) is 19.4 Å². The van der Waals surface area contributed by atoms with Crippen LogP contribution in [0.3, 0.4) is 0 Å². The van der Waals surface area contributed by atoms with Crippen molar-refractivity contribution in [3.63, 3.8) is 0 Å². The molecule has 17 heavy (non-hydrogen) atoms. The second-order valence-electron chi connectivity index (χ2n) is 3.43. The van der Waals surface area contributed by atoms with Gasteiger partial charge < -0.3 is 20.1 Å². The molecule has 6 heteroatoms. The number of hydrogen-bond acceptors (Lipinski definition) is 5. The van der Waals surface area contributed by atoms with E-state index in [1.54, 1.807) is 0 Å². The van der Waals surface area contributed by atoms with E-state index in [0.717, 1.165) is 19.2 Å². The number of rotatable bonds is 4. The van der Waals surface area contributed by atoms with Crippen LogP contribution in [-0.2, 0) is 4.74 Å². The van der Waals surface area contributed by atoms with Crippen LogP contribution >= 0.6 is 0 Å². The van der Waals surface area contributed by atoms with E-state index in [2.05, 4.69) is 4.74 Å². The van der Waals surface area contributed by atoms with Crippen molar-refractivity contribution in [2.75, 3.05) is 13.7 Å². The lowest BCUT2D eigenvalue weighted by molar-refractivity contribution is -0.0153. The zero-order valence-electron chi connectivity index (χ0n) is 9.13. The van der Waals surface area contributed by atoms with Crippen molar-refractivity contribution < 1.29 is 29.2 Å². The predicted octanol–water partition coefficient (Wildman–Crippen LogP) is -0.00110. The molecular weight excluding hydrogens is 231 g/mol. The smallest absolute Gasteiger partial charge is 0.340 e. The van der Waals surface area contributed by atoms with Crippen molar-refractivity contribution in [1.82, 2.24) is 0 Å². The first kappa shape index (κ1) is 13.6. The Balaban J connectivity index is 3.08. The Morgan fingerprint density at radius 3 is 2.65 bits per heavy atom. The van der Waals surface area contributed by atoms with Crippen LogP contribution in [-0.4, -0.2) is 41.1 Å². The molecule has 0 aliphatic rings. The summed E-state index contributed by atoms with van der Waals surface area (Å²) in [7, 11) is 1.10.